The van der Waals surface area contributed by atoms with Crippen molar-refractivity contribution in [1.29, 1.82) is 0 Å². The number of halogens is 1. The Morgan fingerprint density at radius 1 is 1.30 bits per heavy atom. The Morgan fingerprint density at radius 3 is 2.78 bits per heavy atom. The summed E-state index contributed by atoms with van der Waals surface area (Å²) in [6, 6.07) is 5.35. The molecule has 1 aromatic heterocycles. The fraction of sp³-hybridized carbons (Fsp3) is 0.524. The first-order valence-corrected chi connectivity index (χ1v) is 9.84. The first kappa shape index (κ1) is 18.2. The molecule has 6 heteroatoms. The molecule has 5 nitrogen and oxygen atoms in total. The average Bonchev–Trinajstić information content (AvgIpc) is 3.16. The largest absolute Gasteiger partial charge is 0.348 e. The molecule has 0 saturated carbocycles. The Hall–Kier alpha value is -2.21. The SMILES string of the molecule is CCC(=O)N1CCc2[nH]cnc2C12CCN(Cc1ccc(F)c(C)c1)CC2. The molecule has 1 fully saturated rings. The van der Waals surface area contributed by atoms with Crippen LogP contribution in [0.3, 0.4) is 0 Å². The van der Waals surface area contributed by atoms with Crippen LogP contribution < -0.4 is 0 Å². The van der Waals surface area contributed by atoms with E-state index in [1.807, 2.05) is 19.1 Å². The third kappa shape index (κ3) is 3.16. The van der Waals surface area contributed by atoms with Crippen LogP contribution in [0.5, 0.6) is 0 Å². The maximum absolute atomic E-state index is 13.5. The highest BCUT2D eigenvalue weighted by atomic mass is 19.1. The van der Waals surface area contributed by atoms with Gasteiger partial charge in [0, 0.05) is 44.7 Å². The summed E-state index contributed by atoms with van der Waals surface area (Å²) >= 11 is 0. The molecule has 2 aliphatic heterocycles. The number of likely N-dealkylation sites (tertiary alicyclic amines) is 1. The summed E-state index contributed by atoms with van der Waals surface area (Å²) in [5.74, 6) is 0.0598. The third-order valence-electron chi connectivity index (χ3n) is 6.18. The van der Waals surface area contributed by atoms with Crippen molar-refractivity contribution in [3.05, 3.63) is 52.9 Å². The van der Waals surface area contributed by atoms with E-state index in [-0.39, 0.29) is 17.3 Å². The lowest BCUT2D eigenvalue weighted by Gasteiger charge is -2.50. The van der Waals surface area contributed by atoms with Gasteiger partial charge in [0.1, 0.15) is 5.82 Å². The minimum atomic E-state index is -0.282. The molecule has 1 aromatic carbocycles. The minimum Gasteiger partial charge on any atom is -0.348 e. The summed E-state index contributed by atoms with van der Waals surface area (Å²) in [4.78, 5) is 25.0. The molecule has 3 heterocycles. The van der Waals surface area contributed by atoms with Gasteiger partial charge in [0.2, 0.25) is 5.91 Å². The molecular formula is C21H27FN4O. The van der Waals surface area contributed by atoms with Gasteiger partial charge < -0.3 is 9.88 Å². The van der Waals surface area contributed by atoms with E-state index in [2.05, 4.69) is 19.8 Å². The molecule has 0 unspecified atom stereocenters. The van der Waals surface area contributed by atoms with Gasteiger partial charge in [-0.3, -0.25) is 9.69 Å². The normalized spacial score (nSPS) is 19.3. The molecule has 2 aromatic rings. The smallest absolute Gasteiger partial charge is 0.223 e. The number of carbonyl (C=O) groups is 1. The van der Waals surface area contributed by atoms with Crippen LogP contribution in [0, 0.1) is 12.7 Å². The van der Waals surface area contributed by atoms with E-state index in [0.717, 1.165) is 56.7 Å². The highest BCUT2D eigenvalue weighted by Gasteiger charge is 2.48. The zero-order chi connectivity index (χ0) is 19.0. The van der Waals surface area contributed by atoms with Gasteiger partial charge in [0.05, 0.1) is 17.6 Å². The van der Waals surface area contributed by atoms with Crippen LogP contribution in [0.15, 0.2) is 24.5 Å². The second kappa shape index (κ2) is 7.08. The molecule has 1 N–H and O–H groups in total. The van der Waals surface area contributed by atoms with Crippen LogP contribution in [0.25, 0.3) is 0 Å². The van der Waals surface area contributed by atoms with Gasteiger partial charge in [-0.25, -0.2) is 9.37 Å². The number of benzene rings is 1. The highest BCUT2D eigenvalue weighted by molar-refractivity contribution is 5.77. The third-order valence-corrected chi connectivity index (χ3v) is 6.18. The van der Waals surface area contributed by atoms with Crippen molar-refractivity contribution >= 4 is 5.91 Å². The second-order valence-electron chi connectivity index (χ2n) is 7.77. The van der Waals surface area contributed by atoms with E-state index in [0.29, 0.717) is 12.0 Å². The van der Waals surface area contributed by atoms with E-state index < -0.39 is 0 Å². The van der Waals surface area contributed by atoms with Crippen molar-refractivity contribution in [2.45, 2.75) is 51.6 Å². The van der Waals surface area contributed by atoms with Crippen molar-refractivity contribution in [2.24, 2.45) is 0 Å². The van der Waals surface area contributed by atoms with Crippen LogP contribution in [0.1, 0.15) is 48.7 Å². The number of rotatable bonds is 3. The number of aromatic nitrogens is 2. The Morgan fingerprint density at radius 2 is 2.07 bits per heavy atom. The molecule has 0 aliphatic carbocycles. The molecule has 1 saturated heterocycles. The predicted molar refractivity (Wildman–Crippen MR) is 102 cm³/mol. The van der Waals surface area contributed by atoms with Gasteiger partial charge in [-0.05, 0) is 37.0 Å². The lowest BCUT2D eigenvalue weighted by Crippen LogP contribution is -2.58. The summed E-state index contributed by atoms with van der Waals surface area (Å²) < 4.78 is 13.5. The van der Waals surface area contributed by atoms with Crippen molar-refractivity contribution in [2.75, 3.05) is 19.6 Å². The maximum atomic E-state index is 13.5. The van der Waals surface area contributed by atoms with Crippen LogP contribution in [0.2, 0.25) is 0 Å². The summed E-state index contributed by atoms with van der Waals surface area (Å²) in [5, 5.41) is 0. The van der Waals surface area contributed by atoms with Crippen LogP contribution in [-0.2, 0) is 23.3 Å². The van der Waals surface area contributed by atoms with Gasteiger partial charge >= 0.3 is 0 Å². The number of aryl methyl sites for hydroxylation is 1. The van der Waals surface area contributed by atoms with Gasteiger partial charge in [-0.1, -0.05) is 19.1 Å². The highest BCUT2D eigenvalue weighted by Crippen LogP contribution is 2.42. The average molecular weight is 370 g/mol. The molecule has 0 atom stereocenters. The van der Waals surface area contributed by atoms with Crippen molar-refractivity contribution in [3.8, 4) is 0 Å². The number of piperidine rings is 1. The Balaban J connectivity index is 1.53. The zero-order valence-electron chi connectivity index (χ0n) is 16.1. The lowest BCUT2D eigenvalue weighted by atomic mass is 9.78. The molecule has 4 rings (SSSR count). The van der Waals surface area contributed by atoms with Crippen molar-refractivity contribution in [1.82, 2.24) is 19.8 Å². The Labute approximate surface area is 159 Å². The summed E-state index contributed by atoms with van der Waals surface area (Å²) in [6.45, 7) is 7.11. The molecular weight excluding hydrogens is 343 g/mol. The second-order valence-corrected chi connectivity index (χ2v) is 7.77. The van der Waals surface area contributed by atoms with Crippen LogP contribution in [-0.4, -0.2) is 45.3 Å². The summed E-state index contributed by atoms with van der Waals surface area (Å²) in [5.41, 5.74) is 3.78. The van der Waals surface area contributed by atoms with E-state index in [1.54, 1.807) is 19.3 Å². The number of carbonyl (C=O) groups excluding carboxylic acids is 1. The first-order valence-electron chi connectivity index (χ1n) is 9.84. The van der Waals surface area contributed by atoms with Gasteiger partial charge in [0.25, 0.3) is 0 Å². The molecule has 0 bridgehead atoms. The number of hydrogen-bond donors (Lipinski definition) is 1. The number of imidazole rings is 1. The summed E-state index contributed by atoms with van der Waals surface area (Å²) in [7, 11) is 0. The number of hydrogen-bond acceptors (Lipinski definition) is 3. The first-order chi connectivity index (χ1) is 13.0. The molecule has 1 spiro atoms. The van der Waals surface area contributed by atoms with Gasteiger partial charge in [-0.2, -0.15) is 0 Å². The summed E-state index contributed by atoms with van der Waals surface area (Å²) in [6.07, 6.45) is 4.91. The number of nitrogens with one attached hydrogen (secondary N) is 1. The minimum absolute atomic E-state index is 0.154. The molecule has 0 radical (unpaired) electrons. The molecule has 27 heavy (non-hydrogen) atoms. The number of nitrogens with zero attached hydrogens (tertiary/aromatic N) is 3. The number of amides is 1. The quantitative estimate of drug-likeness (QED) is 0.903. The molecule has 144 valence electrons. The lowest BCUT2D eigenvalue weighted by molar-refractivity contribution is -0.141. The van der Waals surface area contributed by atoms with Crippen LogP contribution in [0.4, 0.5) is 4.39 Å². The number of H-pyrrole nitrogens is 1. The standard InChI is InChI=1S/C21H27FN4O/c1-3-19(27)26-9-6-18-20(24-14-23-18)21(26)7-10-25(11-8-21)13-16-4-5-17(22)15(2)12-16/h4-5,12,14H,3,6-11,13H2,1-2H3,(H,23,24). The Kier molecular flexibility index (Phi) is 4.76. The van der Waals surface area contributed by atoms with E-state index in [9.17, 15) is 9.18 Å². The topological polar surface area (TPSA) is 52.2 Å². The number of fused-ring (bicyclic) bond motifs is 2. The molecule has 2 aliphatic rings. The fourth-order valence-electron chi connectivity index (χ4n) is 4.68. The zero-order valence-corrected chi connectivity index (χ0v) is 16.1. The van der Waals surface area contributed by atoms with E-state index in [1.165, 1.54) is 5.69 Å². The van der Waals surface area contributed by atoms with Crippen molar-refractivity contribution in [3.63, 3.8) is 0 Å². The van der Waals surface area contributed by atoms with Crippen LogP contribution >= 0.6 is 0 Å². The monoisotopic (exact) mass is 370 g/mol. The van der Waals surface area contributed by atoms with E-state index in [4.69, 9.17) is 0 Å². The van der Waals surface area contributed by atoms with Gasteiger partial charge in [0.15, 0.2) is 0 Å². The van der Waals surface area contributed by atoms with E-state index >= 15 is 0 Å². The Bertz CT molecular complexity index is 838. The molecule has 1 amide bonds. The van der Waals surface area contributed by atoms with Gasteiger partial charge in [-0.15, -0.1) is 0 Å². The predicted octanol–water partition coefficient (Wildman–Crippen LogP) is 3.14. The number of aromatic amines is 1. The van der Waals surface area contributed by atoms with Crippen molar-refractivity contribution < 1.29 is 9.18 Å². The fourth-order valence-corrected chi connectivity index (χ4v) is 4.68. The maximum Gasteiger partial charge on any atom is 0.223 e.